The molecule has 0 spiro atoms. The highest BCUT2D eigenvalue weighted by Crippen LogP contribution is 2.24. The molecule has 0 bridgehead atoms. The van der Waals surface area contributed by atoms with Gasteiger partial charge in [0.15, 0.2) is 0 Å². The summed E-state index contributed by atoms with van der Waals surface area (Å²) in [6.07, 6.45) is 0. The Kier molecular flexibility index (Phi) is 3.83. The van der Waals surface area contributed by atoms with Crippen LogP contribution < -0.4 is 5.32 Å². The lowest BCUT2D eigenvalue weighted by Crippen LogP contribution is -2.31. The van der Waals surface area contributed by atoms with E-state index < -0.39 is 5.97 Å². The molecule has 0 aromatic carbocycles. The Hall–Kier alpha value is -1.63. The number of carboxylic acids is 1. The second kappa shape index (κ2) is 4.93. The summed E-state index contributed by atoms with van der Waals surface area (Å²) in [5.74, 6) is -1.08. The van der Waals surface area contributed by atoms with Gasteiger partial charge in [-0.15, -0.1) is 0 Å². The highest BCUT2D eigenvalue weighted by molar-refractivity contribution is 7.11. The minimum absolute atomic E-state index is 0.0582. The minimum Gasteiger partial charge on any atom is -0.478 e. The van der Waals surface area contributed by atoms with Gasteiger partial charge in [-0.3, -0.25) is 5.32 Å². The van der Waals surface area contributed by atoms with Crippen LogP contribution in [0.1, 0.15) is 23.0 Å². The van der Waals surface area contributed by atoms with Crippen LogP contribution in [0.2, 0.25) is 0 Å². The first kappa shape index (κ1) is 12.4. The summed E-state index contributed by atoms with van der Waals surface area (Å²) in [5.41, 5.74) is 0.467. The van der Waals surface area contributed by atoms with Gasteiger partial charge in [0.05, 0.1) is 5.69 Å². The Morgan fingerprint density at radius 2 is 2.19 bits per heavy atom. The molecule has 1 rings (SSSR count). The number of carbonyl (C=O) groups is 2. The molecule has 1 heterocycles. The first-order chi connectivity index (χ1) is 7.47. The molecule has 0 atom stereocenters. The van der Waals surface area contributed by atoms with Crippen LogP contribution in [0.3, 0.4) is 0 Å². The molecule has 6 nitrogen and oxygen atoms in total. The van der Waals surface area contributed by atoms with Crippen LogP contribution in [-0.4, -0.2) is 40.0 Å². The van der Waals surface area contributed by atoms with Crippen molar-refractivity contribution in [1.29, 1.82) is 0 Å². The second-order valence-electron chi connectivity index (χ2n) is 3.22. The number of aromatic carboxylic acids is 1. The number of hydrogen-bond donors (Lipinski definition) is 2. The number of amides is 2. The number of anilines is 1. The largest absolute Gasteiger partial charge is 0.478 e. The average molecular weight is 243 g/mol. The molecule has 1 aromatic heterocycles. The molecule has 0 aliphatic carbocycles. The first-order valence-corrected chi connectivity index (χ1v) is 5.46. The zero-order valence-electron chi connectivity index (χ0n) is 9.27. The summed E-state index contributed by atoms with van der Waals surface area (Å²) in [6, 6.07) is -0.339. The number of carboxylic acid groups (broad SMARTS) is 1. The van der Waals surface area contributed by atoms with E-state index in [9.17, 15) is 9.59 Å². The number of aryl methyl sites for hydroxylation is 1. The molecule has 7 heteroatoms. The maximum Gasteiger partial charge on any atom is 0.340 e. The third-order valence-electron chi connectivity index (χ3n) is 2.12. The SMILES string of the molecule is CCN(C)C(=O)Nc1snc(C)c1C(=O)O. The average Bonchev–Trinajstić information content (AvgIpc) is 2.58. The number of hydrogen-bond acceptors (Lipinski definition) is 4. The van der Waals surface area contributed by atoms with E-state index in [2.05, 4.69) is 9.69 Å². The Bertz CT molecular complexity index is 416. The van der Waals surface area contributed by atoms with Crippen LogP contribution in [0.15, 0.2) is 0 Å². The maximum absolute atomic E-state index is 11.5. The fourth-order valence-corrected chi connectivity index (χ4v) is 1.82. The van der Waals surface area contributed by atoms with Crippen molar-refractivity contribution in [3.05, 3.63) is 11.3 Å². The van der Waals surface area contributed by atoms with E-state index in [0.717, 1.165) is 11.5 Å². The van der Waals surface area contributed by atoms with E-state index in [0.29, 0.717) is 12.2 Å². The van der Waals surface area contributed by atoms with Gasteiger partial charge in [-0.1, -0.05) is 0 Å². The van der Waals surface area contributed by atoms with Crippen molar-refractivity contribution in [2.75, 3.05) is 18.9 Å². The zero-order chi connectivity index (χ0) is 12.3. The quantitative estimate of drug-likeness (QED) is 0.845. The van der Waals surface area contributed by atoms with Crippen molar-refractivity contribution >= 4 is 28.5 Å². The van der Waals surface area contributed by atoms with Crippen molar-refractivity contribution in [2.45, 2.75) is 13.8 Å². The fraction of sp³-hybridized carbons (Fsp3) is 0.444. The summed E-state index contributed by atoms with van der Waals surface area (Å²) in [4.78, 5) is 23.9. The standard InChI is InChI=1S/C9H13N3O3S/c1-4-12(3)9(15)10-7-6(8(13)14)5(2)11-16-7/h4H2,1-3H3,(H,10,15)(H,13,14). The Morgan fingerprint density at radius 3 is 2.69 bits per heavy atom. The number of urea groups is 1. The third-order valence-corrected chi connectivity index (χ3v) is 2.97. The molecular weight excluding hydrogens is 230 g/mol. The molecule has 1 aromatic rings. The highest BCUT2D eigenvalue weighted by Gasteiger charge is 2.19. The fourth-order valence-electron chi connectivity index (χ4n) is 1.04. The third kappa shape index (κ3) is 2.48. The molecule has 0 saturated carbocycles. The van der Waals surface area contributed by atoms with Gasteiger partial charge in [0, 0.05) is 13.6 Å². The predicted molar refractivity (Wildman–Crippen MR) is 61.1 cm³/mol. The van der Waals surface area contributed by atoms with Gasteiger partial charge >= 0.3 is 12.0 Å². The molecule has 16 heavy (non-hydrogen) atoms. The van der Waals surface area contributed by atoms with Crippen LogP contribution in [-0.2, 0) is 0 Å². The lowest BCUT2D eigenvalue weighted by molar-refractivity contribution is 0.0697. The Labute approximate surface area is 97.0 Å². The Morgan fingerprint density at radius 1 is 1.56 bits per heavy atom. The first-order valence-electron chi connectivity index (χ1n) is 4.69. The summed E-state index contributed by atoms with van der Waals surface area (Å²) < 4.78 is 3.90. The summed E-state index contributed by atoms with van der Waals surface area (Å²) >= 11 is 0.971. The summed E-state index contributed by atoms with van der Waals surface area (Å²) in [7, 11) is 1.63. The lowest BCUT2D eigenvalue weighted by atomic mass is 10.2. The van der Waals surface area contributed by atoms with E-state index in [1.54, 1.807) is 14.0 Å². The van der Waals surface area contributed by atoms with Crippen LogP contribution >= 0.6 is 11.5 Å². The van der Waals surface area contributed by atoms with E-state index in [-0.39, 0.29) is 16.6 Å². The molecule has 2 N–H and O–H groups in total. The molecule has 0 aliphatic rings. The Balaban J connectivity index is 2.90. The highest BCUT2D eigenvalue weighted by atomic mass is 32.1. The van der Waals surface area contributed by atoms with Gasteiger partial charge < -0.3 is 10.0 Å². The van der Waals surface area contributed by atoms with Gasteiger partial charge in [0.1, 0.15) is 10.6 Å². The van der Waals surface area contributed by atoms with Gasteiger partial charge in [0.2, 0.25) is 0 Å². The lowest BCUT2D eigenvalue weighted by Gasteiger charge is -2.14. The van der Waals surface area contributed by atoms with Crippen molar-refractivity contribution in [3.8, 4) is 0 Å². The molecular formula is C9H13N3O3S. The van der Waals surface area contributed by atoms with Crippen LogP contribution in [0.25, 0.3) is 0 Å². The van der Waals surface area contributed by atoms with E-state index >= 15 is 0 Å². The van der Waals surface area contributed by atoms with Gasteiger partial charge in [-0.05, 0) is 25.4 Å². The van der Waals surface area contributed by atoms with Crippen LogP contribution in [0.4, 0.5) is 9.80 Å². The van der Waals surface area contributed by atoms with Crippen LogP contribution in [0.5, 0.6) is 0 Å². The molecule has 0 fully saturated rings. The van der Waals surface area contributed by atoms with Gasteiger partial charge in [-0.25, -0.2) is 9.59 Å². The predicted octanol–water partition coefficient (Wildman–Crippen LogP) is 1.63. The number of carbonyl (C=O) groups excluding carboxylic acids is 1. The van der Waals surface area contributed by atoms with Crippen molar-refractivity contribution < 1.29 is 14.7 Å². The number of rotatable bonds is 3. The second-order valence-corrected chi connectivity index (χ2v) is 3.99. The van der Waals surface area contributed by atoms with E-state index in [4.69, 9.17) is 5.11 Å². The minimum atomic E-state index is -1.08. The van der Waals surface area contributed by atoms with Gasteiger partial charge in [-0.2, -0.15) is 4.37 Å². The van der Waals surface area contributed by atoms with Gasteiger partial charge in [0.25, 0.3) is 0 Å². The maximum atomic E-state index is 11.5. The number of aromatic nitrogens is 1. The molecule has 88 valence electrons. The molecule has 2 amide bonds. The van der Waals surface area contributed by atoms with E-state index in [1.807, 2.05) is 6.92 Å². The summed E-state index contributed by atoms with van der Waals surface area (Å²) in [6.45, 7) is 3.97. The zero-order valence-corrected chi connectivity index (χ0v) is 10.1. The smallest absolute Gasteiger partial charge is 0.340 e. The summed E-state index contributed by atoms with van der Waals surface area (Å²) in [5, 5.41) is 11.7. The van der Waals surface area contributed by atoms with Crippen molar-refractivity contribution in [1.82, 2.24) is 9.27 Å². The molecule has 0 radical (unpaired) electrons. The normalized spacial score (nSPS) is 9.94. The monoisotopic (exact) mass is 243 g/mol. The van der Waals surface area contributed by atoms with Crippen molar-refractivity contribution in [3.63, 3.8) is 0 Å². The molecule has 0 aliphatic heterocycles. The molecule has 0 saturated heterocycles. The molecule has 0 unspecified atom stereocenters. The topological polar surface area (TPSA) is 82.5 Å². The van der Waals surface area contributed by atoms with Crippen LogP contribution in [0, 0.1) is 6.92 Å². The number of nitrogens with one attached hydrogen (secondary N) is 1. The van der Waals surface area contributed by atoms with Crippen molar-refractivity contribution in [2.24, 2.45) is 0 Å². The number of nitrogens with zero attached hydrogens (tertiary/aromatic N) is 2. The van der Waals surface area contributed by atoms with E-state index in [1.165, 1.54) is 4.90 Å².